The number of methoxy groups -OCH3 is 1. The summed E-state index contributed by atoms with van der Waals surface area (Å²) < 4.78 is 34.0. The van der Waals surface area contributed by atoms with Gasteiger partial charge in [-0.25, -0.2) is 0 Å². The number of rotatable bonds is 5. The van der Waals surface area contributed by atoms with Crippen LogP contribution in [0.3, 0.4) is 0 Å². The number of nitrogens with one attached hydrogen (secondary N) is 2. The molecule has 0 aliphatic carbocycles. The van der Waals surface area contributed by atoms with Gasteiger partial charge in [0.1, 0.15) is 0 Å². The molecule has 2 rings (SSSR count). The molecule has 2 N–H and O–H groups in total. The lowest BCUT2D eigenvalue weighted by molar-refractivity contribution is -0.118. The van der Waals surface area contributed by atoms with Crippen molar-refractivity contribution in [1.29, 1.82) is 0 Å². The first kappa shape index (κ1) is 15.5. The molecule has 1 aromatic carbocycles. The van der Waals surface area contributed by atoms with Gasteiger partial charge in [-0.1, -0.05) is 6.42 Å². The first-order valence-electron chi connectivity index (χ1n) is 6.77. The number of ether oxygens (including phenoxy) is 2. The van der Waals surface area contributed by atoms with Crippen LogP contribution in [0.4, 0.5) is 14.5 Å². The zero-order valence-corrected chi connectivity index (χ0v) is 11.7. The van der Waals surface area contributed by atoms with Crippen LogP contribution in [0.25, 0.3) is 0 Å². The summed E-state index contributed by atoms with van der Waals surface area (Å²) in [6, 6.07) is 4.13. The molecule has 1 aromatic rings. The Labute approximate surface area is 121 Å². The first-order valence-corrected chi connectivity index (χ1v) is 6.77. The third-order valence-electron chi connectivity index (χ3n) is 3.27. The second-order valence-electron chi connectivity index (χ2n) is 4.74. The van der Waals surface area contributed by atoms with E-state index in [2.05, 4.69) is 15.4 Å². The summed E-state index contributed by atoms with van der Waals surface area (Å²) in [6.45, 7) is -2.15. The van der Waals surface area contributed by atoms with Crippen molar-refractivity contribution in [1.82, 2.24) is 5.32 Å². The number of alkyl halides is 2. The number of hydrogen-bond acceptors (Lipinski definition) is 4. The highest BCUT2D eigenvalue weighted by molar-refractivity contribution is 5.95. The smallest absolute Gasteiger partial charge is 0.387 e. The van der Waals surface area contributed by atoms with E-state index in [4.69, 9.17) is 4.74 Å². The number of amides is 1. The van der Waals surface area contributed by atoms with E-state index < -0.39 is 6.61 Å². The molecule has 1 aliphatic heterocycles. The minimum atomic E-state index is -2.95. The zero-order chi connectivity index (χ0) is 15.2. The molecule has 1 fully saturated rings. The maximum atomic E-state index is 12.3. The van der Waals surface area contributed by atoms with Crippen molar-refractivity contribution in [3.63, 3.8) is 0 Å². The Morgan fingerprint density at radius 1 is 1.38 bits per heavy atom. The molecule has 1 heterocycles. The molecule has 0 aromatic heterocycles. The lowest BCUT2D eigenvalue weighted by Crippen LogP contribution is -2.43. The highest BCUT2D eigenvalue weighted by atomic mass is 19.3. The minimum Gasteiger partial charge on any atom is -0.493 e. The summed E-state index contributed by atoms with van der Waals surface area (Å²) in [7, 11) is 1.36. The Hall–Kier alpha value is -1.89. The van der Waals surface area contributed by atoms with Gasteiger partial charge < -0.3 is 20.1 Å². The summed E-state index contributed by atoms with van der Waals surface area (Å²) in [5.74, 6) is -0.103. The summed E-state index contributed by atoms with van der Waals surface area (Å²) >= 11 is 0. The standard InChI is InChI=1S/C14H18F2N2O3/c1-20-11-6-5-9(8-12(11)21-14(15)16)18-13(19)10-4-2-3-7-17-10/h5-6,8,10,14,17H,2-4,7H2,1H3,(H,18,19). The fraction of sp³-hybridized carbons (Fsp3) is 0.500. The van der Waals surface area contributed by atoms with Crippen LogP contribution in [0.1, 0.15) is 19.3 Å². The van der Waals surface area contributed by atoms with Crippen LogP contribution >= 0.6 is 0 Å². The van der Waals surface area contributed by atoms with Gasteiger partial charge in [0, 0.05) is 11.8 Å². The maximum Gasteiger partial charge on any atom is 0.387 e. The van der Waals surface area contributed by atoms with Crippen LogP contribution in [0.2, 0.25) is 0 Å². The molecule has 0 bridgehead atoms. The van der Waals surface area contributed by atoms with Crippen molar-refractivity contribution in [3.8, 4) is 11.5 Å². The lowest BCUT2D eigenvalue weighted by atomic mass is 10.0. The molecule has 7 heteroatoms. The van der Waals surface area contributed by atoms with Crippen molar-refractivity contribution in [2.24, 2.45) is 0 Å². The summed E-state index contributed by atoms with van der Waals surface area (Å²) in [6.07, 6.45) is 2.81. The SMILES string of the molecule is COc1ccc(NC(=O)C2CCCCN2)cc1OC(F)F. The highest BCUT2D eigenvalue weighted by Gasteiger charge is 2.21. The van der Waals surface area contributed by atoms with E-state index in [-0.39, 0.29) is 23.4 Å². The summed E-state index contributed by atoms with van der Waals surface area (Å²) in [4.78, 5) is 12.1. The third-order valence-corrected chi connectivity index (χ3v) is 3.27. The number of carbonyl (C=O) groups is 1. The molecule has 21 heavy (non-hydrogen) atoms. The second-order valence-corrected chi connectivity index (χ2v) is 4.74. The fourth-order valence-corrected chi connectivity index (χ4v) is 2.25. The molecule has 1 amide bonds. The van der Waals surface area contributed by atoms with Crippen LogP contribution < -0.4 is 20.1 Å². The average Bonchev–Trinajstić information content (AvgIpc) is 2.48. The first-order chi connectivity index (χ1) is 10.1. The van der Waals surface area contributed by atoms with Crippen molar-refractivity contribution < 1.29 is 23.0 Å². The van der Waals surface area contributed by atoms with E-state index >= 15 is 0 Å². The van der Waals surface area contributed by atoms with E-state index in [1.807, 2.05) is 0 Å². The molecule has 0 saturated carbocycles. The van der Waals surface area contributed by atoms with Gasteiger partial charge in [0.15, 0.2) is 11.5 Å². The Morgan fingerprint density at radius 2 is 2.19 bits per heavy atom. The quantitative estimate of drug-likeness (QED) is 0.876. The van der Waals surface area contributed by atoms with Gasteiger partial charge in [-0.05, 0) is 31.5 Å². The van der Waals surface area contributed by atoms with E-state index in [0.29, 0.717) is 5.69 Å². The second kappa shape index (κ2) is 7.21. The molecule has 1 saturated heterocycles. The van der Waals surface area contributed by atoms with E-state index in [1.165, 1.54) is 19.2 Å². The highest BCUT2D eigenvalue weighted by Crippen LogP contribution is 2.31. The molecule has 116 valence electrons. The largest absolute Gasteiger partial charge is 0.493 e. The van der Waals surface area contributed by atoms with Crippen LogP contribution in [0.5, 0.6) is 11.5 Å². The number of carbonyl (C=O) groups excluding carboxylic acids is 1. The molecular formula is C14H18F2N2O3. The molecule has 5 nitrogen and oxygen atoms in total. The van der Waals surface area contributed by atoms with Gasteiger partial charge in [0.2, 0.25) is 5.91 Å². The van der Waals surface area contributed by atoms with Crippen molar-refractivity contribution >= 4 is 11.6 Å². The summed E-state index contributed by atoms with van der Waals surface area (Å²) in [5.41, 5.74) is 0.392. The van der Waals surface area contributed by atoms with Crippen molar-refractivity contribution in [2.45, 2.75) is 31.9 Å². The number of anilines is 1. The van der Waals surface area contributed by atoms with E-state index in [0.717, 1.165) is 25.8 Å². The normalized spacial score (nSPS) is 18.4. The van der Waals surface area contributed by atoms with Gasteiger partial charge in [-0.3, -0.25) is 4.79 Å². The maximum absolute atomic E-state index is 12.3. The zero-order valence-electron chi connectivity index (χ0n) is 11.7. The predicted molar refractivity (Wildman–Crippen MR) is 73.9 cm³/mol. The topological polar surface area (TPSA) is 59.6 Å². The van der Waals surface area contributed by atoms with Gasteiger partial charge in [-0.2, -0.15) is 8.78 Å². The summed E-state index contributed by atoms with van der Waals surface area (Å²) in [5, 5.41) is 5.82. The van der Waals surface area contributed by atoms with Gasteiger partial charge in [-0.15, -0.1) is 0 Å². The van der Waals surface area contributed by atoms with E-state index in [9.17, 15) is 13.6 Å². The van der Waals surface area contributed by atoms with Crippen molar-refractivity contribution in [3.05, 3.63) is 18.2 Å². The Bertz CT molecular complexity index is 491. The molecule has 1 unspecified atom stereocenters. The Balaban J connectivity index is 2.07. The number of benzene rings is 1. The Kier molecular flexibility index (Phi) is 5.32. The van der Waals surface area contributed by atoms with Crippen LogP contribution in [-0.4, -0.2) is 32.2 Å². The molecule has 0 spiro atoms. The molecule has 1 atom stereocenters. The van der Waals surface area contributed by atoms with Crippen LogP contribution in [-0.2, 0) is 4.79 Å². The minimum absolute atomic E-state index is 0.109. The van der Waals surface area contributed by atoms with Crippen molar-refractivity contribution in [2.75, 3.05) is 19.0 Å². The molecular weight excluding hydrogens is 282 g/mol. The molecule has 1 aliphatic rings. The predicted octanol–water partition coefficient (Wildman–Crippen LogP) is 2.38. The number of halogens is 2. The van der Waals surface area contributed by atoms with Gasteiger partial charge in [0.05, 0.1) is 13.2 Å². The number of hydrogen-bond donors (Lipinski definition) is 2. The fourth-order valence-electron chi connectivity index (χ4n) is 2.25. The number of piperidine rings is 1. The third kappa shape index (κ3) is 4.29. The lowest BCUT2D eigenvalue weighted by Gasteiger charge is -2.22. The van der Waals surface area contributed by atoms with Crippen LogP contribution in [0.15, 0.2) is 18.2 Å². The molecule has 0 radical (unpaired) electrons. The van der Waals surface area contributed by atoms with Crippen LogP contribution in [0, 0.1) is 0 Å². The van der Waals surface area contributed by atoms with Gasteiger partial charge >= 0.3 is 6.61 Å². The van der Waals surface area contributed by atoms with E-state index in [1.54, 1.807) is 6.07 Å². The Morgan fingerprint density at radius 3 is 2.81 bits per heavy atom. The average molecular weight is 300 g/mol. The monoisotopic (exact) mass is 300 g/mol. The van der Waals surface area contributed by atoms with Gasteiger partial charge in [0.25, 0.3) is 0 Å².